The lowest BCUT2D eigenvalue weighted by atomic mass is 9.99. The normalized spacial score (nSPS) is 11.1. The summed E-state index contributed by atoms with van der Waals surface area (Å²) in [4.78, 5) is 2.33. The molecular formula is C36H27N. The van der Waals surface area contributed by atoms with E-state index in [1.807, 2.05) is 0 Å². The van der Waals surface area contributed by atoms with Crippen LogP contribution < -0.4 is 4.90 Å². The molecule has 0 saturated carbocycles. The average Bonchev–Trinajstić information content (AvgIpc) is 2.99. The van der Waals surface area contributed by atoms with Crippen LogP contribution >= 0.6 is 0 Å². The summed E-state index contributed by atoms with van der Waals surface area (Å²) >= 11 is 0. The van der Waals surface area contributed by atoms with Crippen LogP contribution in [0.15, 0.2) is 152 Å². The maximum atomic E-state index is 2.33. The van der Waals surface area contributed by atoms with Crippen molar-refractivity contribution in [2.45, 2.75) is 0 Å². The molecule has 6 aromatic rings. The van der Waals surface area contributed by atoms with Crippen LogP contribution in [0.1, 0.15) is 11.1 Å². The standard InChI is InChI=1S/C36H27N/c1-4-12-29(13-5-1)30-23-20-28(21-24-30)22-25-31-26-27-36(35-19-11-10-18-34(31)35)37(32-14-6-2-7-15-32)33-16-8-3-9-17-33/h1-27H. The topological polar surface area (TPSA) is 3.24 Å². The highest BCUT2D eigenvalue weighted by Crippen LogP contribution is 2.39. The van der Waals surface area contributed by atoms with Crippen molar-refractivity contribution in [2.24, 2.45) is 0 Å². The van der Waals surface area contributed by atoms with Crippen LogP contribution in [0.3, 0.4) is 0 Å². The second-order valence-electron chi connectivity index (χ2n) is 9.05. The molecule has 1 nitrogen and oxygen atoms in total. The summed E-state index contributed by atoms with van der Waals surface area (Å²) in [5.41, 5.74) is 8.30. The summed E-state index contributed by atoms with van der Waals surface area (Å²) in [5.74, 6) is 0. The fourth-order valence-electron chi connectivity index (χ4n) is 4.83. The van der Waals surface area contributed by atoms with Crippen LogP contribution in [0, 0.1) is 0 Å². The maximum Gasteiger partial charge on any atom is 0.0540 e. The lowest BCUT2D eigenvalue weighted by Gasteiger charge is -2.27. The molecule has 0 N–H and O–H groups in total. The second-order valence-corrected chi connectivity index (χ2v) is 9.05. The molecular weight excluding hydrogens is 446 g/mol. The molecule has 0 aliphatic rings. The molecule has 0 atom stereocenters. The van der Waals surface area contributed by atoms with Crippen LogP contribution in [0.2, 0.25) is 0 Å². The highest BCUT2D eigenvalue weighted by molar-refractivity contribution is 6.03. The molecule has 0 fully saturated rings. The number of hydrogen-bond acceptors (Lipinski definition) is 1. The van der Waals surface area contributed by atoms with Gasteiger partial charge in [0.05, 0.1) is 5.69 Å². The predicted octanol–water partition coefficient (Wildman–Crippen LogP) is 10.1. The third-order valence-electron chi connectivity index (χ3n) is 6.68. The van der Waals surface area contributed by atoms with E-state index in [1.165, 1.54) is 33.0 Å². The molecule has 0 saturated heterocycles. The van der Waals surface area contributed by atoms with E-state index in [-0.39, 0.29) is 0 Å². The number of rotatable bonds is 6. The molecule has 0 aromatic heterocycles. The molecule has 6 aromatic carbocycles. The van der Waals surface area contributed by atoms with Gasteiger partial charge in [0.1, 0.15) is 0 Å². The first kappa shape index (κ1) is 22.6. The zero-order chi connectivity index (χ0) is 24.9. The Morgan fingerprint density at radius 1 is 0.378 bits per heavy atom. The van der Waals surface area contributed by atoms with Crippen LogP contribution in [0.5, 0.6) is 0 Å². The fraction of sp³-hybridized carbons (Fsp3) is 0. The van der Waals surface area contributed by atoms with Gasteiger partial charge in [0, 0.05) is 16.8 Å². The van der Waals surface area contributed by atoms with Gasteiger partial charge in [-0.1, -0.05) is 133 Å². The molecule has 176 valence electrons. The van der Waals surface area contributed by atoms with Gasteiger partial charge in [-0.3, -0.25) is 0 Å². The Morgan fingerprint density at radius 2 is 0.892 bits per heavy atom. The molecule has 6 rings (SSSR count). The third-order valence-corrected chi connectivity index (χ3v) is 6.68. The van der Waals surface area contributed by atoms with E-state index in [4.69, 9.17) is 0 Å². The van der Waals surface area contributed by atoms with Gasteiger partial charge in [-0.05, 0) is 58.0 Å². The minimum absolute atomic E-state index is 1.14. The summed E-state index contributed by atoms with van der Waals surface area (Å²) in [7, 11) is 0. The van der Waals surface area contributed by atoms with Crippen molar-refractivity contribution < 1.29 is 0 Å². The Labute approximate surface area is 218 Å². The summed E-state index contributed by atoms with van der Waals surface area (Å²) in [6.07, 6.45) is 4.42. The molecule has 0 heterocycles. The van der Waals surface area contributed by atoms with Crippen molar-refractivity contribution in [1.82, 2.24) is 0 Å². The minimum Gasteiger partial charge on any atom is -0.310 e. The SMILES string of the molecule is C(=Cc1ccc(N(c2ccccc2)c2ccccc2)c2ccccc12)c1ccc(-c2ccccc2)cc1. The van der Waals surface area contributed by atoms with Crippen molar-refractivity contribution in [1.29, 1.82) is 0 Å². The predicted molar refractivity (Wildman–Crippen MR) is 159 cm³/mol. The lowest BCUT2D eigenvalue weighted by molar-refractivity contribution is 1.30. The molecule has 0 unspecified atom stereocenters. The minimum atomic E-state index is 1.14. The summed E-state index contributed by atoms with van der Waals surface area (Å²) in [6.45, 7) is 0. The highest BCUT2D eigenvalue weighted by Gasteiger charge is 2.15. The second kappa shape index (κ2) is 10.4. The zero-order valence-electron chi connectivity index (χ0n) is 20.5. The first-order valence-corrected chi connectivity index (χ1v) is 12.6. The number of fused-ring (bicyclic) bond motifs is 1. The number of anilines is 3. The smallest absolute Gasteiger partial charge is 0.0540 e. The molecule has 37 heavy (non-hydrogen) atoms. The van der Waals surface area contributed by atoms with Gasteiger partial charge in [-0.25, -0.2) is 0 Å². The van der Waals surface area contributed by atoms with Gasteiger partial charge in [-0.15, -0.1) is 0 Å². The molecule has 0 aliphatic carbocycles. The Bertz CT molecular complexity index is 1600. The molecule has 0 radical (unpaired) electrons. The summed E-state index contributed by atoms with van der Waals surface area (Å²) in [5, 5.41) is 2.45. The molecule has 0 amide bonds. The van der Waals surface area contributed by atoms with Crippen molar-refractivity contribution in [3.63, 3.8) is 0 Å². The largest absolute Gasteiger partial charge is 0.310 e. The Balaban J connectivity index is 1.38. The van der Waals surface area contributed by atoms with Gasteiger partial charge < -0.3 is 4.90 Å². The number of hydrogen-bond donors (Lipinski definition) is 0. The van der Waals surface area contributed by atoms with Crippen LogP contribution in [0.25, 0.3) is 34.1 Å². The van der Waals surface area contributed by atoms with E-state index in [2.05, 4.69) is 169 Å². The van der Waals surface area contributed by atoms with Gasteiger partial charge in [0.15, 0.2) is 0 Å². The van der Waals surface area contributed by atoms with Gasteiger partial charge in [-0.2, -0.15) is 0 Å². The third kappa shape index (κ3) is 4.80. The molecule has 0 bridgehead atoms. The Morgan fingerprint density at radius 3 is 1.51 bits per heavy atom. The van der Waals surface area contributed by atoms with E-state index in [0.29, 0.717) is 0 Å². The highest BCUT2D eigenvalue weighted by atomic mass is 15.1. The van der Waals surface area contributed by atoms with Gasteiger partial charge >= 0.3 is 0 Å². The number of nitrogens with zero attached hydrogens (tertiary/aromatic N) is 1. The summed E-state index contributed by atoms with van der Waals surface area (Å²) < 4.78 is 0. The van der Waals surface area contributed by atoms with E-state index >= 15 is 0 Å². The van der Waals surface area contributed by atoms with Crippen molar-refractivity contribution in [2.75, 3.05) is 4.90 Å². The number of benzene rings is 6. The van der Waals surface area contributed by atoms with Crippen molar-refractivity contribution in [3.8, 4) is 11.1 Å². The first-order chi connectivity index (χ1) is 18.4. The molecule has 1 heteroatoms. The van der Waals surface area contributed by atoms with E-state index < -0.39 is 0 Å². The monoisotopic (exact) mass is 473 g/mol. The van der Waals surface area contributed by atoms with Crippen LogP contribution in [-0.2, 0) is 0 Å². The zero-order valence-corrected chi connectivity index (χ0v) is 20.5. The van der Waals surface area contributed by atoms with Crippen molar-refractivity contribution in [3.05, 3.63) is 163 Å². The Kier molecular flexibility index (Phi) is 6.34. The van der Waals surface area contributed by atoms with E-state index in [0.717, 1.165) is 17.1 Å². The van der Waals surface area contributed by atoms with Gasteiger partial charge in [0.2, 0.25) is 0 Å². The Hall–Kier alpha value is -4.88. The maximum absolute atomic E-state index is 2.33. The van der Waals surface area contributed by atoms with Gasteiger partial charge in [0.25, 0.3) is 0 Å². The fourth-order valence-corrected chi connectivity index (χ4v) is 4.83. The quantitative estimate of drug-likeness (QED) is 0.217. The first-order valence-electron chi connectivity index (χ1n) is 12.6. The number of para-hydroxylation sites is 2. The van der Waals surface area contributed by atoms with Crippen LogP contribution in [-0.4, -0.2) is 0 Å². The van der Waals surface area contributed by atoms with Crippen LogP contribution in [0.4, 0.5) is 17.1 Å². The molecule has 0 spiro atoms. The van der Waals surface area contributed by atoms with Crippen molar-refractivity contribution >= 4 is 40.0 Å². The van der Waals surface area contributed by atoms with E-state index in [1.54, 1.807) is 0 Å². The lowest BCUT2D eigenvalue weighted by Crippen LogP contribution is -2.10. The summed E-state index contributed by atoms with van der Waals surface area (Å²) in [6, 6.07) is 53.5. The van der Waals surface area contributed by atoms with E-state index in [9.17, 15) is 0 Å². The average molecular weight is 474 g/mol. The molecule has 0 aliphatic heterocycles.